The van der Waals surface area contributed by atoms with Crippen molar-refractivity contribution >= 4 is 11.9 Å². The average Bonchev–Trinajstić information content (AvgIpc) is 1.88. The van der Waals surface area contributed by atoms with Crippen molar-refractivity contribution in [3.05, 3.63) is 0 Å². The largest absolute Gasteiger partial charge is 0.480 e. The molecule has 64 valence electrons. The highest BCUT2D eigenvalue weighted by Crippen LogP contribution is 1.89. The van der Waals surface area contributed by atoms with Gasteiger partial charge in [0.15, 0.2) is 0 Å². The third kappa shape index (κ3) is 2.50. The van der Waals surface area contributed by atoms with Gasteiger partial charge >= 0.3 is 11.9 Å². The molecule has 0 aromatic rings. The molecule has 0 aromatic heterocycles. The Kier molecular flexibility index (Phi) is 3.45. The third-order valence-corrected chi connectivity index (χ3v) is 1.09. The maximum absolute atomic E-state index is 10.2. The van der Waals surface area contributed by atoms with Crippen LogP contribution in [-0.2, 0) is 9.59 Å². The maximum Gasteiger partial charge on any atom is 0.324 e. The Hall–Kier alpha value is -1.18. The highest BCUT2D eigenvalue weighted by molar-refractivity contribution is 5.84. The van der Waals surface area contributed by atoms with Gasteiger partial charge in [0.25, 0.3) is 0 Å². The highest BCUT2D eigenvalue weighted by atomic mass is 16.4. The van der Waals surface area contributed by atoms with Gasteiger partial charge in [-0.15, -0.1) is 0 Å². The van der Waals surface area contributed by atoms with Crippen molar-refractivity contribution in [2.24, 2.45) is 11.6 Å². The molecule has 0 aliphatic carbocycles. The van der Waals surface area contributed by atoms with Crippen LogP contribution in [0.1, 0.15) is 0 Å². The van der Waals surface area contributed by atoms with Gasteiger partial charge < -0.3 is 15.9 Å². The number of carboxylic acids is 2. The number of hydrazine groups is 1. The topological polar surface area (TPSA) is 139 Å². The second-order valence-electron chi connectivity index (χ2n) is 1.85. The zero-order valence-corrected chi connectivity index (χ0v) is 5.52. The first kappa shape index (κ1) is 9.82. The van der Waals surface area contributed by atoms with E-state index in [-0.39, 0.29) is 0 Å². The summed E-state index contributed by atoms with van der Waals surface area (Å²) in [6.07, 6.45) is 0. The SMILES string of the molecule is NNC(C(=O)O)[C@H](N)C(=O)O. The molecule has 7 heteroatoms. The van der Waals surface area contributed by atoms with E-state index in [1.165, 1.54) is 0 Å². The molecule has 0 aliphatic rings. The third-order valence-electron chi connectivity index (χ3n) is 1.09. The standard InChI is InChI=1S/C4H9N3O4/c5-1(3(8)9)2(7-6)4(10)11/h1-2,7H,5-6H2,(H,8,9)(H,10,11)/t1-,2?/m0/s1. The molecular weight excluding hydrogens is 154 g/mol. The number of carbonyl (C=O) groups is 2. The first-order chi connectivity index (χ1) is 5.00. The van der Waals surface area contributed by atoms with Crippen LogP contribution in [0.2, 0.25) is 0 Å². The summed E-state index contributed by atoms with van der Waals surface area (Å²) in [5.41, 5.74) is 6.73. The first-order valence-corrected chi connectivity index (χ1v) is 2.68. The van der Waals surface area contributed by atoms with Crippen molar-refractivity contribution < 1.29 is 19.8 Å². The Morgan fingerprint density at radius 3 is 1.82 bits per heavy atom. The Morgan fingerprint density at radius 2 is 1.73 bits per heavy atom. The zero-order chi connectivity index (χ0) is 9.02. The molecule has 0 bridgehead atoms. The summed E-state index contributed by atoms with van der Waals surface area (Å²) < 4.78 is 0. The number of hydrogen-bond donors (Lipinski definition) is 5. The number of rotatable bonds is 4. The first-order valence-electron chi connectivity index (χ1n) is 2.68. The lowest BCUT2D eigenvalue weighted by atomic mass is 10.1. The van der Waals surface area contributed by atoms with Crippen LogP contribution in [0.4, 0.5) is 0 Å². The van der Waals surface area contributed by atoms with Crippen LogP contribution in [0.15, 0.2) is 0 Å². The predicted molar refractivity (Wildman–Crippen MR) is 34.4 cm³/mol. The summed E-state index contributed by atoms with van der Waals surface area (Å²) in [6, 6.07) is -3.01. The van der Waals surface area contributed by atoms with Crippen LogP contribution in [0.25, 0.3) is 0 Å². The van der Waals surface area contributed by atoms with Gasteiger partial charge in [0, 0.05) is 0 Å². The van der Waals surface area contributed by atoms with Crippen LogP contribution in [0.3, 0.4) is 0 Å². The number of aliphatic carboxylic acids is 2. The molecule has 0 fully saturated rings. The fourth-order valence-electron chi connectivity index (χ4n) is 0.471. The molecule has 0 heterocycles. The van der Waals surface area contributed by atoms with Gasteiger partial charge in [-0.1, -0.05) is 0 Å². The van der Waals surface area contributed by atoms with Gasteiger partial charge in [0.1, 0.15) is 12.1 Å². The summed E-state index contributed by atoms with van der Waals surface area (Å²) in [5.74, 6) is 1.92. The Labute approximate surface area is 61.9 Å². The van der Waals surface area contributed by atoms with Crippen molar-refractivity contribution in [2.45, 2.75) is 12.1 Å². The van der Waals surface area contributed by atoms with Crippen molar-refractivity contribution in [1.29, 1.82) is 0 Å². The molecule has 0 saturated carbocycles. The number of nitrogens with two attached hydrogens (primary N) is 2. The lowest BCUT2D eigenvalue weighted by Gasteiger charge is -2.14. The number of hydrogen-bond acceptors (Lipinski definition) is 5. The summed E-state index contributed by atoms with van der Waals surface area (Å²) in [4.78, 5) is 20.3. The molecule has 0 radical (unpaired) electrons. The minimum atomic E-state index is -1.54. The van der Waals surface area contributed by atoms with Gasteiger partial charge in [0.2, 0.25) is 0 Å². The highest BCUT2D eigenvalue weighted by Gasteiger charge is 2.29. The van der Waals surface area contributed by atoms with E-state index < -0.39 is 24.0 Å². The number of nitrogens with one attached hydrogen (secondary N) is 1. The summed E-state index contributed by atoms with van der Waals surface area (Å²) in [5, 5.41) is 16.6. The van der Waals surface area contributed by atoms with Crippen LogP contribution in [-0.4, -0.2) is 34.2 Å². The zero-order valence-electron chi connectivity index (χ0n) is 5.52. The molecule has 11 heavy (non-hydrogen) atoms. The van der Waals surface area contributed by atoms with Crippen LogP contribution in [0, 0.1) is 0 Å². The minimum Gasteiger partial charge on any atom is -0.480 e. The average molecular weight is 163 g/mol. The molecular formula is C4H9N3O4. The van der Waals surface area contributed by atoms with Crippen molar-refractivity contribution in [2.75, 3.05) is 0 Å². The van der Waals surface area contributed by atoms with Crippen molar-refractivity contribution in [3.63, 3.8) is 0 Å². The molecule has 0 aromatic carbocycles. The normalized spacial score (nSPS) is 15.5. The van der Waals surface area contributed by atoms with Crippen LogP contribution >= 0.6 is 0 Å². The molecule has 0 spiro atoms. The van der Waals surface area contributed by atoms with Gasteiger partial charge in [0.05, 0.1) is 0 Å². The molecule has 0 amide bonds. The lowest BCUT2D eigenvalue weighted by molar-refractivity contribution is -0.147. The second-order valence-corrected chi connectivity index (χ2v) is 1.85. The smallest absolute Gasteiger partial charge is 0.324 e. The monoisotopic (exact) mass is 163 g/mol. The minimum absolute atomic E-state index is 1.40. The van der Waals surface area contributed by atoms with E-state index in [0.29, 0.717) is 0 Å². The Balaban J connectivity index is 4.25. The summed E-state index contributed by atoms with van der Waals surface area (Å²) in [6.45, 7) is 0. The number of carboxylic acid groups (broad SMARTS) is 2. The lowest BCUT2D eigenvalue weighted by Crippen LogP contribution is -2.56. The Bertz CT molecular complexity index is 171. The molecule has 7 nitrogen and oxygen atoms in total. The van der Waals surface area contributed by atoms with E-state index in [9.17, 15) is 9.59 Å². The molecule has 2 atom stereocenters. The predicted octanol–water partition coefficient (Wildman–Crippen LogP) is -2.69. The van der Waals surface area contributed by atoms with Gasteiger partial charge in [-0.05, 0) is 0 Å². The second kappa shape index (κ2) is 3.86. The summed E-state index contributed by atoms with van der Waals surface area (Å²) >= 11 is 0. The Morgan fingerprint density at radius 1 is 1.27 bits per heavy atom. The molecule has 7 N–H and O–H groups in total. The van der Waals surface area contributed by atoms with E-state index in [0.717, 1.165) is 0 Å². The van der Waals surface area contributed by atoms with E-state index in [4.69, 9.17) is 21.8 Å². The van der Waals surface area contributed by atoms with E-state index in [1.54, 1.807) is 5.43 Å². The summed E-state index contributed by atoms with van der Waals surface area (Å²) in [7, 11) is 0. The van der Waals surface area contributed by atoms with E-state index in [2.05, 4.69) is 0 Å². The quantitative estimate of drug-likeness (QED) is 0.224. The van der Waals surface area contributed by atoms with Crippen LogP contribution in [0.5, 0.6) is 0 Å². The van der Waals surface area contributed by atoms with Gasteiger partial charge in [-0.25, -0.2) is 5.43 Å². The molecule has 0 aliphatic heterocycles. The maximum atomic E-state index is 10.2. The van der Waals surface area contributed by atoms with E-state index in [1.807, 2.05) is 0 Å². The molecule has 0 rings (SSSR count). The van der Waals surface area contributed by atoms with Gasteiger partial charge in [-0.3, -0.25) is 15.4 Å². The van der Waals surface area contributed by atoms with Crippen LogP contribution < -0.4 is 17.0 Å². The van der Waals surface area contributed by atoms with Crippen molar-refractivity contribution in [3.8, 4) is 0 Å². The fourth-order valence-corrected chi connectivity index (χ4v) is 0.471. The van der Waals surface area contributed by atoms with Gasteiger partial charge in [-0.2, -0.15) is 0 Å². The molecule has 0 saturated heterocycles. The fraction of sp³-hybridized carbons (Fsp3) is 0.500. The van der Waals surface area contributed by atoms with Crippen molar-refractivity contribution in [1.82, 2.24) is 5.43 Å². The van der Waals surface area contributed by atoms with E-state index >= 15 is 0 Å². The molecule has 1 unspecified atom stereocenters.